The van der Waals surface area contributed by atoms with Gasteiger partial charge in [0.05, 0.1) is 32.0 Å². The lowest BCUT2D eigenvalue weighted by Crippen LogP contribution is -2.60. The minimum atomic E-state index is -1.77. The summed E-state index contributed by atoms with van der Waals surface area (Å²) in [5.74, 6) is -0.411. The molecular formula is C28H35O16+. The van der Waals surface area contributed by atoms with Gasteiger partial charge in [-0.05, 0) is 18.2 Å². The van der Waals surface area contributed by atoms with Crippen molar-refractivity contribution in [2.45, 2.75) is 67.5 Å². The van der Waals surface area contributed by atoms with Crippen LogP contribution in [0.3, 0.4) is 0 Å². The van der Waals surface area contributed by atoms with E-state index in [2.05, 4.69) is 4.74 Å². The fourth-order valence-electron chi connectivity index (χ4n) is 5.16. The number of benzene rings is 2. The van der Waals surface area contributed by atoms with Crippen molar-refractivity contribution in [3.05, 3.63) is 47.2 Å². The maximum Gasteiger partial charge on any atom is 0.270 e. The van der Waals surface area contributed by atoms with E-state index in [1.807, 2.05) is 0 Å². The fourth-order valence-corrected chi connectivity index (χ4v) is 5.16. The van der Waals surface area contributed by atoms with Crippen LogP contribution in [0.2, 0.25) is 0 Å². The summed E-state index contributed by atoms with van der Waals surface area (Å²) in [6.45, 7) is -1.40. The van der Waals surface area contributed by atoms with Crippen LogP contribution in [0.15, 0.2) is 36.1 Å². The SMILES string of the molecule is COc1cc(C2[OH+]c3cc(O)cc(O[C@@H]4O[C@@H](CO)[C@@H](O)[C@H](O)[C@H]4O)c3C=C2O[C@@H]2O[C@H](CO)[C@H](O)[C@H](O)[C@H]2O)ccc1O. The zero-order chi connectivity index (χ0) is 31.9. The average molecular weight is 628 g/mol. The average Bonchev–Trinajstić information content (AvgIpc) is 3.01. The number of phenols is 2. The summed E-state index contributed by atoms with van der Waals surface area (Å²) >= 11 is 0. The van der Waals surface area contributed by atoms with Gasteiger partial charge in [0.1, 0.15) is 65.9 Å². The van der Waals surface area contributed by atoms with E-state index in [9.17, 15) is 51.1 Å². The number of aromatic hydroxyl groups is 3. The van der Waals surface area contributed by atoms with Crippen LogP contribution in [-0.2, 0) is 14.2 Å². The van der Waals surface area contributed by atoms with E-state index in [0.717, 1.165) is 6.07 Å². The second-order valence-electron chi connectivity index (χ2n) is 10.5. The highest BCUT2D eigenvalue weighted by atomic mass is 16.7. The molecule has 2 fully saturated rings. The van der Waals surface area contributed by atoms with E-state index < -0.39 is 80.7 Å². The molecule has 0 aromatic heterocycles. The van der Waals surface area contributed by atoms with Gasteiger partial charge in [0.15, 0.2) is 17.3 Å². The molecule has 3 aliphatic heterocycles. The molecule has 0 aliphatic carbocycles. The summed E-state index contributed by atoms with van der Waals surface area (Å²) < 4.78 is 32.6. The van der Waals surface area contributed by atoms with E-state index >= 15 is 0 Å². The molecule has 44 heavy (non-hydrogen) atoms. The molecule has 16 nitrogen and oxygen atoms in total. The van der Waals surface area contributed by atoms with Crippen LogP contribution in [0.4, 0.5) is 0 Å². The zero-order valence-electron chi connectivity index (χ0n) is 23.2. The minimum Gasteiger partial charge on any atom is -0.571 e. The molecule has 2 saturated heterocycles. The van der Waals surface area contributed by atoms with Crippen molar-refractivity contribution in [3.8, 4) is 28.7 Å². The third-order valence-corrected chi connectivity index (χ3v) is 7.64. The van der Waals surface area contributed by atoms with Gasteiger partial charge in [0.2, 0.25) is 12.6 Å². The third kappa shape index (κ3) is 5.96. The summed E-state index contributed by atoms with van der Waals surface area (Å²) in [4.78, 5) is 0. The minimum absolute atomic E-state index is 0.0288. The highest BCUT2D eigenvalue weighted by Gasteiger charge is 2.48. The number of rotatable bonds is 8. The molecule has 0 amide bonds. The predicted octanol–water partition coefficient (Wildman–Crippen LogP) is -2.56. The van der Waals surface area contributed by atoms with Crippen molar-refractivity contribution in [1.82, 2.24) is 0 Å². The van der Waals surface area contributed by atoms with E-state index in [1.165, 1.54) is 37.5 Å². The van der Waals surface area contributed by atoms with E-state index in [1.54, 1.807) is 0 Å². The van der Waals surface area contributed by atoms with Gasteiger partial charge in [-0.1, -0.05) is 0 Å². The first kappa shape index (κ1) is 32.0. The molecule has 0 bridgehead atoms. The fraction of sp³-hybridized carbons (Fsp3) is 0.500. The Morgan fingerprint density at radius 2 is 1.32 bits per heavy atom. The first-order valence-electron chi connectivity index (χ1n) is 13.6. The summed E-state index contributed by atoms with van der Waals surface area (Å²) in [7, 11) is 1.34. The Morgan fingerprint density at radius 3 is 1.89 bits per heavy atom. The molecule has 5 rings (SSSR count). The lowest BCUT2D eigenvalue weighted by atomic mass is 9.98. The van der Waals surface area contributed by atoms with Crippen LogP contribution >= 0.6 is 0 Å². The zero-order valence-corrected chi connectivity index (χ0v) is 23.2. The molecule has 3 heterocycles. The maximum atomic E-state index is 10.6. The molecular weight excluding hydrogens is 592 g/mol. The van der Waals surface area contributed by atoms with Crippen LogP contribution in [0, 0.1) is 0 Å². The van der Waals surface area contributed by atoms with Crippen molar-refractivity contribution >= 4 is 6.08 Å². The van der Waals surface area contributed by atoms with Gasteiger partial charge in [-0.3, -0.25) is 0 Å². The van der Waals surface area contributed by atoms with Crippen LogP contribution < -0.4 is 9.47 Å². The van der Waals surface area contributed by atoms with E-state index in [0.29, 0.717) is 5.56 Å². The first-order valence-corrected chi connectivity index (χ1v) is 13.6. The maximum absolute atomic E-state index is 10.6. The third-order valence-electron chi connectivity index (χ3n) is 7.64. The Hall–Kier alpha value is -3.42. The molecule has 0 radical (unpaired) electrons. The number of hydrogen-bond acceptors (Lipinski definition) is 15. The highest BCUT2D eigenvalue weighted by Crippen LogP contribution is 2.47. The molecule has 11 atom stereocenters. The normalized spacial score (nSPS) is 35.2. The number of aliphatic hydroxyl groups is 9. The van der Waals surface area contributed by atoms with Gasteiger partial charge in [0, 0.05) is 12.1 Å². The number of phenolic OH excluding ortho intramolecular Hbond substituents is 2. The highest BCUT2D eigenvalue weighted by molar-refractivity contribution is 5.70. The number of methoxy groups -OCH3 is 1. The van der Waals surface area contributed by atoms with E-state index in [4.69, 9.17) is 23.7 Å². The smallest absolute Gasteiger partial charge is 0.270 e. The van der Waals surface area contributed by atoms with Crippen molar-refractivity contribution in [2.24, 2.45) is 0 Å². The van der Waals surface area contributed by atoms with Gasteiger partial charge in [0.25, 0.3) is 11.9 Å². The molecule has 2 aromatic rings. The van der Waals surface area contributed by atoms with Gasteiger partial charge in [-0.25, -0.2) is 0 Å². The number of hydrogen-bond donors (Lipinski definition) is 10. The Bertz CT molecular complexity index is 1350. The molecule has 3 aliphatic rings. The lowest BCUT2D eigenvalue weighted by molar-refractivity contribution is -0.295. The monoisotopic (exact) mass is 627 g/mol. The molecule has 0 saturated carbocycles. The van der Waals surface area contributed by atoms with Crippen molar-refractivity contribution in [1.29, 1.82) is 0 Å². The van der Waals surface area contributed by atoms with Crippen LogP contribution in [-0.4, -0.2) is 138 Å². The summed E-state index contributed by atoms with van der Waals surface area (Å²) in [5, 5.41) is 102. The largest absolute Gasteiger partial charge is 0.571 e. The van der Waals surface area contributed by atoms with Gasteiger partial charge in [-0.15, -0.1) is 0 Å². The summed E-state index contributed by atoms with van der Waals surface area (Å²) in [6.07, 6.45) is -15.7. The van der Waals surface area contributed by atoms with Gasteiger partial charge < -0.3 is 79.5 Å². The Kier molecular flexibility index (Phi) is 9.38. The standard InChI is InChI=1S/C28H34O16/c1-39-16-4-10(2-3-13(16)32)26-17(42-28-25(38)23(36)21(34)19(9-30)44-28)7-12-14(40-26)5-11(31)6-15(12)41-27-24(37)22(35)20(33)18(8-29)43-27/h2-7,18-38H,8-9H2,1H3/p+1/t18-,19+,20+,21-,22-,23-,24+,25+,26?,27+,28+/m0/s1. The predicted molar refractivity (Wildman–Crippen MR) is 144 cm³/mol. The quantitative estimate of drug-likeness (QED) is 0.135. The molecule has 242 valence electrons. The topological polar surface area (TPSA) is 261 Å². The van der Waals surface area contributed by atoms with Crippen molar-refractivity contribution < 1.29 is 79.5 Å². The first-order chi connectivity index (χ1) is 21.0. The van der Waals surface area contributed by atoms with Crippen LogP contribution in [0.5, 0.6) is 28.7 Å². The van der Waals surface area contributed by atoms with Gasteiger partial charge >= 0.3 is 0 Å². The van der Waals surface area contributed by atoms with Crippen LogP contribution in [0.25, 0.3) is 6.08 Å². The summed E-state index contributed by atoms with van der Waals surface area (Å²) in [6, 6.07) is 6.77. The molecule has 2 aromatic carbocycles. The molecule has 1 unspecified atom stereocenters. The Morgan fingerprint density at radius 1 is 0.727 bits per heavy atom. The lowest BCUT2D eigenvalue weighted by Gasteiger charge is -2.40. The molecule has 16 heteroatoms. The second-order valence-corrected chi connectivity index (χ2v) is 10.5. The molecule has 0 spiro atoms. The Balaban J connectivity index is 1.55. The Labute approximate surface area is 249 Å². The molecule has 11 N–H and O–H groups in total. The number of ether oxygens (including phenoxy) is 6. The number of aliphatic hydroxyl groups excluding tert-OH is 8. The van der Waals surface area contributed by atoms with Crippen molar-refractivity contribution in [2.75, 3.05) is 20.3 Å². The number of fused-ring (bicyclic) bond motifs is 1. The van der Waals surface area contributed by atoms with Crippen molar-refractivity contribution in [3.63, 3.8) is 0 Å². The summed E-state index contributed by atoms with van der Waals surface area (Å²) in [5.41, 5.74) is 0.558. The van der Waals surface area contributed by atoms with Gasteiger partial charge in [-0.2, -0.15) is 0 Å². The second kappa shape index (κ2) is 12.9. The van der Waals surface area contributed by atoms with Crippen LogP contribution in [0.1, 0.15) is 17.2 Å². The van der Waals surface area contributed by atoms with E-state index in [-0.39, 0.29) is 40.1 Å².